The minimum Gasteiger partial charge on any atom is -0.398 e. The largest absolute Gasteiger partial charge is 0.398 e. The molecule has 1 aliphatic heterocycles. The molecular weight excluding hydrogens is 345 g/mol. The Kier molecular flexibility index (Phi) is 3.75. The summed E-state index contributed by atoms with van der Waals surface area (Å²) < 4.78 is 13.4. The molecule has 0 fully saturated rings. The normalized spacial score (nSPS) is 13.6. The zero-order chi connectivity index (χ0) is 16.7. The minimum absolute atomic E-state index is 0.109. The van der Waals surface area contributed by atoms with Crippen LogP contribution in [0, 0.1) is 5.82 Å². The third kappa shape index (κ3) is 2.56. The van der Waals surface area contributed by atoms with Gasteiger partial charge in [-0.3, -0.25) is 4.98 Å². The Labute approximate surface area is 147 Å². The van der Waals surface area contributed by atoms with E-state index in [2.05, 4.69) is 16.0 Å². The molecule has 0 atom stereocenters. The van der Waals surface area contributed by atoms with Crippen molar-refractivity contribution in [1.29, 1.82) is 0 Å². The lowest BCUT2D eigenvalue weighted by atomic mass is 10.0. The van der Waals surface area contributed by atoms with Gasteiger partial charge in [0.15, 0.2) is 0 Å². The van der Waals surface area contributed by atoms with E-state index in [0.29, 0.717) is 6.54 Å². The summed E-state index contributed by atoms with van der Waals surface area (Å²) in [4.78, 5) is 7.28. The van der Waals surface area contributed by atoms with Crippen molar-refractivity contribution in [2.45, 2.75) is 0 Å². The molecule has 0 saturated carbocycles. The Bertz CT molecular complexity index is 937. The molecule has 0 spiro atoms. The van der Waals surface area contributed by atoms with Crippen LogP contribution in [0.25, 0.3) is 16.1 Å². The Balaban J connectivity index is 1.81. The number of nitrogens with zero attached hydrogens (tertiary/aromatic N) is 2. The van der Waals surface area contributed by atoms with Gasteiger partial charge in [0.2, 0.25) is 0 Å². The SMILES string of the molecule is NC1=CCN(c2ccc(F)c(Cl)c2)c2ccc(-c3cncs3)cc21. The fourth-order valence-corrected chi connectivity index (χ4v) is 3.60. The topological polar surface area (TPSA) is 42.1 Å². The molecule has 0 amide bonds. The van der Waals surface area contributed by atoms with E-state index in [1.54, 1.807) is 29.0 Å². The third-order valence-electron chi connectivity index (χ3n) is 4.02. The molecular formula is C18H13ClFN3S. The van der Waals surface area contributed by atoms with Crippen LogP contribution in [-0.4, -0.2) is 11.5 Å². The van der Waals surface area contributed by atoms with Gasteiger partial charge in [-0.1, -0.05) is 17.7 Å². The number of rotatable bonds is 2. The summed E-state index contributed by atoms with van der Waals surface area (Å²) in [5.41, 5.74) is 12.6. The summed E-state index contributed by atoms with van der Waals surface area (Å²) in [5, 5.41) is 0.109. The lowest BCUT2D eigenvalue weighted by Crippen LogP contribution is -2.23. The molecule has 24 heavy (non-hydrogen) atoms. The number of halogens is 2. The van der Waals surface area contributed by atoms with E-state index in [0.717, 1.165) is 33.1 Å². The molecule has 2 aromatic carbocycles. The van der Waals surface area contributed by atoms with Crippen LogP contribution >= 0.6 is 22.9 Å². The van der Waals surface area contributed by atoms with E-state index in [1.165, 1.54) is 6.07 Å². The Morgan fingerprint density at radius 1 is 1.21 bits per heavy atom. The van der Waals surface area contributed by atoms with Crippen LogP contribution in [0.4, 0.5) is 15.8 Å². The van der Waals surface area contributed by atoms with Gasteiger partial charge in [0, 0.05) is 29.7 Å². The van der Waals surface area contributed by atoms with Crippen LogP contribution in [0.5, 0.6) is 0 Å². The predicted octanol–water partition coefficient (Wildman–Crippen LogP) is 5.05. The second kappa shape index (κ2) is 5.92. The molecule has 6 heteroatoms. The molecule has 4 rings (SSSR count). The molecule has 0 bridgehead atoms. The van der Waals surface area contributed by atoms with Crippen molar-refractivity contribution in [3.05, 3.63) is 70.6 Å². The van der Waals surface area contributed by atoms with Crippen LogP contribution in [0.1, 0.15) is 5.56 Å². The molecule has 1 aliphatic rings. The first kappa shape index (κ1) is 15.2. The molecule has 0 saturated heterocycles. The van der Waals surface area contributed by atoms with Crippen molar-refractivity contribution in [2.24, 2.45) is 5.73 Å². The van der Waals surface area contributed by atoms with Crippen molar-refractivity contribution >= 4 is 40.0 Å². The van der Waals surface area contributed by atoms with Crippen LogP contribution < -0.4 is 10.6 Å². The van der Waals surface area contributed by atoms with E-state index >= 15 is 0 Å². The molecule has 3 nitrogen and oxygen atoms in total. The lowest BCUT2D eigenvalue weighted by Gasteiger charge is -2.30. The van der Waals surface area contributed by atoms with Crippen molar-refractivity contribution in [3.8, 4) is 10.4 Å². The molecule has 0 unspecified atom stereocenters. The van der Waals surface area contributed by atoms with E-state index in [1.807, 2.05) is 24.4 Å². The summed E-state index contributed by atoms with van der Waals surface area (Å²) >= 11 is 7.52. The number of aromatic nitrogens is 1. The number of fused-ring (bicyclic) bond motifs is 1. The van der Waals surface area contributed by atoms with E-state index in [9.17, 15) is 4.39 Å². The number of thiazole rings is 1. The fraction of sp³-hybridized carbons (Fsp3) is 0.0556. The number of anilines is 2. The van der Waals surface area contributed by atoms with Gasteiger partial charge in [0.25, 0.3) is 0 Å². The van der Waals surface area contributed by atoms with Gasteiger partial charge < -0.3 is 10.6 Å². The van der Waals surface area contributed by atoms with Crippen LogP contribution in [0.2, 0.25) is 5.02 Å². The molecule has 2 N–H and O–H groups in total. The van der Waals surface area contributed by atoms with E-state index < -0.39 is 5.82 Å². The van der Waals surface area contributed by atoms with Crippen molar-refractivity contribution < 1.29 is 4.39 Å². The van der Waals surface area contributed by atoms with Gasteiger partial charge >= 0.3 is 0 Å². The maximum Gasteiger partial charge on any atom is 0.141 e. The van der Waals surface area contributed by atoms with Crippen LogP contribution in [0.3, 0.4) is 0 Å². The van der Waals surface area contributed by atoms with E-state index in [-0.39, 0.29) is 5.02 Å². The maximum absolute atomic E-state index is 13.4. The van der Waals surface area contributed by atoms with Gasteiger partial charge in [-0.15, -0.1) is 11.3 Å². The standard InChI is InChI=1S/C18H13ClFN3S/c19-14-8-12(2-3-15(14)20)23-6-5-16(21)13-7-11(1-4-17(13)23)18-9-22-10-24-18/h1-5,7-10H,6,21H2. The molecule has 2 heterocycles. The molecule has 3 aromatic rings. The lowest BCUT2D eigenvalue weighted by molar-refractivity contribution is 0.628. The minimum atomic E-state index is -0.423. The highest BCUT2D eigenvalue weighted by Crippen LogP contribution is 2.38. The Morgan fingerprint density at radius 2 is 2.08 bits per heavy atom. The monoisotopic (exact) mass is 357 g/mol. The number of nitrogens with two attached hydrogens (primary N) is 1. The first-order valence-electron chi connectivity index (χ1n) is 7.35. The second-order valence-corrected chi connectivity index (χ2v) is 6.76. The fourth-order valence-electron chi connectivity index (χ4n) is 2.81. The summed E-state index contributed by atoms with van der Waals surface area (Å²) in [5.74, 6) is -0.423. The molecule has 120 valence electrons. The van der Waals surface area contributed by atoms with E-state index in [4.69, 9.17) is 17.3 Å². The smallest absolute Gasteiger partial charge is 0.141 e. The predicted molar refractivity (Wildman–Crippen MR) is 98.1 cm³/mol. The number of hydrogen-bond donors (Lipinski definition) is 1. The number of hydrogen-bond acceptors (Lipinski definition) is 4. The highest BCUT2D eigenvalue weighted by Gasteiger charge is 2.20. The average molecular weight is 358 g/mol. The molecule has 0 aliphatic carbocycles. The van der Waals surface area contributed by atoms with Crippen molar-refractivity contribution in [2.75, 3.05) is 11.4 Å². The summed E-state index contributed by atoms with van der Waals surface area (Å²) in [6, 6.07) is 10.9. The average Bonchev–Trinajstić information content (AvgIpc) is 3.12. The molecule has 1 aromatic heterocycles. The van der Waals surface area contributed by atoms with Gasteiger partial charge in [-0.25, -0.2) is 4.39 Å². The summed E-state index contributed by atoms with van der Waals surface area (Å²) in [6.45, 7) is 0.612. The highest BCUT2D eigenvalue weighted by atomic mass is 35.5. The Morgan fingerprint density at radius 3 is 2.83 bits per heavy atom. The Hall–Kier alpha value is -2.37. The van der Waals surface area contributed by atoms with Crippen LogP contribution in [0.15, 0.2) is 54.2 Å². The third-order valence-corrected chi connectivity index (χ3v) is 5.14. The van der Waals surface area contributed by atoms with Gasteiger partial charge in [0.05, 0.1) is 21.1 Å². The zero-order valence-electron chi connectivity index (χ0n) is 12.5. The van der Waals surface area contributed by atoms with Crippen LogP contribution in [-0.2, 0) is 0 Å². The summed E-state index contributed by atoms with van der Waals surface area (Å²) in [6.07, 6.45) is 3.79. The van der Waals surface area contributed by atoms with Gasteiger partial charge in [-0.05, 0) is 42.0 Å². The number of benzene rings is 2. The quantitative estimate of drug-likeness (QED) is 0.697. The summed E-state index contributed by atoms with van der Waals surface area (Å²) in [7, 11) is 0. The van der Waals surface area contributed by atoms with Crippen molar-refractivity contribution in [3.63, 3.8) is 0 Å². The first-order chi connectivity index (χ1) is 11.6. The second-order valence-electron chi connectivity index (χ2n) is 5.47. The van der Waals surface area contributed by atoms with Gasteiger partial charge in [-0.2, -0.15) is 0 Å². The van der Waals surface area contributed by atoms with Crippen molar-refractivity contribution in [1.82, 2.24) is 4.98 Å². The molecule has 0 radical (unpaired) electrons. The van der Waals surface area contributed by atoms with Gasteiger partial charge in [0.1, 0.15) is 5.82 Å². The highest BCUT2D eigenvalue weighted by molar-refractivity contribution is 7.13. The zero-order valence-corrected chi connectivity index (χ0v) is 14.1. The first-order valence-corrected chi connectivity index (χ1v) is 8.61. The maximum atomic E-state index is 13.4.